The molecule has 142 valence electrons. The third-order valence-corrected chi connectivity index (χ3v) is 5.65. The lowest BCUT2D eigenvalue weighted by Gasteiger charge is -2.13. The molecule has 0 spiro atoms. The summed E-state index contributed by atoms with van der Waals surface area (Å²) < 4.78 is 27.0. The lowest BCUT2D eigenvalue weighted by atomic mass is 10.1. The van der Waals surface area contributed by atoms with E-state index in [0.29, 0.717) is 17.8 Å². The molecule has 8 heteroatoms. The number of nitrogens with zero attached hydrogens (tertiary/aromatic N) is 2. The fourth-order valence-electron chi connectivity index (χ4n) is 2.85. The fraction of sp³-hybridized carbons (Fsp3) is 0.316. The summed E-state index contributed by atoms with van der Waals surface area (Å²) in [5.41, 5.74) is 1.47. The lowest BCUT2D eigenvalue weighted by Crippen LogP contribution is -2.31. The van der Waals surface area contributed by atoms with Crippen molar-refractivity contribution < 1.29 is 13.2 Å². The van der Waals surface area contributed by atoms with Crippen molar-refractivity contribution in [3.63, 3.8) is 0 Å². The molecule has 0 aliphatic carbocycles. The van der Waals surface area contributed by atoms with Crippen molar-refractivity contribution in [2.45, 2.75) is 44.0 Å². The quantitative estimate of drug-likeness (QED) is 0.797. The molecule has 0 radical (unpaired) electrons. The molecule has 1 aromatic heterocycles. The SMILES string of the molecule is CCCCC(N=C1NS(=O)(=O)c2ccccc21)C(=O)Nc1cc(C)ccn1. The van der Waals surface area contributed by atoms with Crippen LogP contribution >= 0.6 is 0 Å². The van der Waals surface area contributed by atoms with Crippen LogP contribution in [0.3, 0.4) is 0 Å². The number of amidine groups is 1. The highest BCUT2D eigenvalue weighted by Gasteiger charge is 2.31. The van der Waals surface area contributed by atoms with Gasteiger partial charge < -0.3 is 5.32 Å². The normalized spacial score (nSPS) is 17.2. The zero-order valence-corrected chi connectivity index (χ0v) is 16.1. The molecule has 0 bridgehead atoms. The molecule has 1 atom stereocenters. The van der Waals surface area contributed by atoms with E-state index in [1.54, 1.807) is 30.5 Å². The number of anilines is 1. The molecule has 2 N–H and O–H groups in total. The Balaban J connectivity index is 1.89. The van der Waals surface area contributed by atoms with Gasteiger partial charge in [0.25, 0.3) is 10.0 Å². The first-order valence-electron chi connectivity index (χ1n) is 8.84. The van der Waals surface area contributed by atoms with Gasteiger partial charge in [-0.05, 0) is 43.2 Å². The smallest absolute Gasteiger partial charge is 0.263 e. The Kier molecular flexibility index (Phi) is 5.55. The third kappa shape index (κ3) is 4.33. The summed E-state index contributed by atoms with van der Waals surface area (Å²) in [7, 11) is -3.64. The summed E-state index contributed by atoms with van der Waals surface area (Å²) >= 11 is 0. The zero-order chi connectivity index (χ0) is 19.4. The van der Waals surface area contributed by atoms with Crippen LogP contribution in [0.5, 0.6) is 0 Å². The van der Waals surface area contributed by atoms with Gasteiger partial charge in [-0.3, -0.25) is 14.5 Å². The van der Waals surface area contributed by atoms with E-state index in [1.165, 1.54) is 6.07 Å². The number of aliphatic imine (C=N–C) groups is 1. The second-order valence-electron chi connectivity index (χ2n) is 6.45. The van der Waals surface area contributed by atoms with E-state index in [9.17, 15) is 13.2 Å². The van der Waals surface area contributed by atoms with Crippen molar-refractivity contribution in [2.75, 3.05) is 5.32 Å². The first kappa shape index (κ1) is 19.0. The number of hydrogen-bond donors (Lipinski definition) is 2. The molecular formula is C19H22N4O3S. The Hall–Kier alpha value is -2.74. The summed E-state index contributed by atoms with van der Waals surface area (Å²) in [5.74, 6) is 0.353. The van der Waals surface area contributed by atoms with E-state index in [0.717, 1.165) is 18.4 Å². The molecular weight excluding hydrogens is 364 g/mol. The van der Waals surface area contributed by atoms with Crippen molar-refractivity contribution >= 4 is 27.6 Å². The second kappa shape index (κ2) is 7.87. The Morgan fingerprint density at radius 3 is 2.81 bits per heavy atom. The van der Waals surface area contributed by atoms with Crippen LogP contribution in [0.2, 0.25) is 0 Å². The van der Waals surface area contributed by atoms with Crippen molar-refractivity contribution in [1.29, 1.82) is 0 Å². The molecule has 3 rings (SSSR count). The van der Waals surface area contributed by atoms with Crippen molar-refractivity contribution in [2.24, 2.45) is 4.99 Å². The maximum Gasteiger partial charge on any atom is 0.263 e. The van der Waals surface area contributed by atoms with Crippen LogP contribution in [0.25, 0.3) is 0 Å². The fourth-order valence-corrected chi connectivity index (χ4v) is 4.09. The Bertz CT molecular complexity index is 986. The molecule has 7 nitrogen and oxygen atoms in total. The molecule has 1 aliphatic heterocycles. The minimum atomic E-state index is -3.64. The van der Waals surface area contributed by atoms with Gasteiger partial charge in [-0.25, -0.2) is 13.4 Å². The van der Waals surface area contributed by atoms with Gasteiger partial charge in [-0.15, -0.1) is 0 Å². The Morgan fingerprint density at radius 1 is 1.30 bits per heavy atom. The van der Waals surface area contributed by atoms with Gasteiger partial charge in [0.1, 0.15) is 17.7 Å². The van der Waals surface area contributed by atoms with Gasteiger partial charge in [0, 0.05) is 11.8 Å². The molecule has 1 amide bonds. The summed E-state index contributed by atoms with van der Waals surface area (Å²) in [6.07, 6.45) is 3.84. The largest absolute Gasteiger partial charge is 0.309 e. The van der Waals surface area contributed by atoms with Gasteiger partial charge in [0.2, 0.25) is 5.91 Å². The highest BCUT2D eigenvalue weighted by molar-refractivity contribution is 7.90. The number of aryl methyl sites for hydroxylation is 1. The Labute approximate surface area is 159 Å². The molecule has 0 saturated heterocycles. The van der Waals surface area contributed by atoms with Gasteiger partial charge in [-0.2, -0.15) is 0 Å². The maximum absolute atomic E-state index is 12.8. The number of hydrogen-bond acceptors (Lipinski definition) is 5. The number of nitrogens with one attached hydrogen (secondary N) is 2. The highest BCUT2D eigenvalue weighted by atomic mass is 32.2. The number of unbranched alkanes of at least 4 members (excludes halogenated alkanes) is 1. The number of aromatic nitrogens is 1. The molecule has 0 saturated carbocycles. The summed E-state index contributed by atoms with van der Waals surface area (Å²) in [6.45, 7) is 3.94. The lowest BCUT2D eigenvalue weighted by molar-refractivity contribution is -0.117. The maximum atomic E-state index is 12.8. The summed E-state index contributed by atoms with van der Waals surface area (Å²) in [4.78, 5) is 21.5. The van der Waals surface area contributed by atoms with Gasteiger partial charge >= 0.3 is 0 Å². The molecule has 1 unspecified atom stereocenters. The van der Waals surface area contributed by atoms with E-state index in [2.05, 4.69) is 20.0 Å². The summed E-state index contributed by atoms with van der Waals surface area (Å²) in [6, 6.07) is 9.52. The minimum Gasteiger partial charge on any atom is -0.309 e. The number of carbonyl (C=O) groups is 1. The van der Waals surface area contributed by atoms with Gasteiger partial charge in [0.15, 0.2) is 0 Å². The average molecular weight is 386 g/mol. The summed E-state index contributed by atoms with van der Waals surface area (Å²) in [5, 5.41) is 2.78. The standard InChI is InChI=1S/C19H22N4O3S/c1-3-4-8-15(19(24)22-17-12-13(2)10-11-20-17)21-18-14-7-5-6-9-16(14)27(25,26)23-18/h5-7,9-12,15H,3-4,8H2,1-2H3,(H,21,23)(H,20,22,24). The van der Waals surface area contributed by atoms with Crippen LogP contribution in [-0.2, 0) is 14.8 Å². The van der Waals surface area contributed by atoms with Crippen LogP contribution in [-0.4, -0.2) is 31.2 Å². The van der Waals surface area contributed by atoms with Gasteiger partial charge in [-0.1, -0.05) is 31.9 Å². The number of pyridine rings is 1. The number of carbonyl (C=O) groups excluding carboxylic acids is 1. The second-order valence-corrected chi connectivity index (χ2v) is 8.10. The minimum absolute atomic E-state index is 0.179. The van der Waals surface area contributed by atoms with Crippen LogP contribution in [0.1, 0.15) is 37.3 Å². The molecule has 1 aromatic carbocycles. The van der Waals surface area contributed by atoms with Gasteiger partial charge in [0.05, 0.1) is 4.90 Å². The van der Waals surface area contributed by atoms with Crippen molar-refractivity contribution in [3.05, 3.63) is 53.7 Å². The Morgan fingerprint density at radius 2 is 2.07 bits per heavy atom. The van der Waals surface area contributed by atoms with Crippen molar-refractivity contribution in [3.8, 4) is 0 Å². The van der Waals surface area contributed by atoms with Crippen molar-refractivity contribution in [1.82, 2.24) is 9.71 Å². The molecule has 2 heterocycles. The van der Waals surface area contributed by atoms with E-state index in [1.807, 2.05) is 19.9 Å². The average Bonchev–Trinajstić information content (AvgIpc) is 2.89. The van der Waals surface area contributed by atoms with Crippen LogP contribution < -0.4 is 10.0 Å². The first-order chi connectivity index (χ1) is 12.9. The van der Waals surface area contributed by atoms with Crippen LogP contribution in [0.15, 0.2) is 52.5 Å². The number of benzene rings is 1. The highest BCUT2D eigenvalue weighted by Crippen LogP contribution is 2.23. The predicted octanol–water partition coefficient (Wildman–Crippen LogP) is 2.63. The number of fused-ring (bicyclic) bond motifs is 1. The van der Waals surface area contributed by atoms with Crippen LogP contribution in [0.4, 0.5) is 5.82 Å². The van der Waals surface area contributed by atoms with E-state index in [-0.39, 0.29) is 16.6 Å². The van der Waals surface area contributed by atoms with E-state index < -0.39 is 16.1 Å². The third-order valence-electron chi connectivity index (χ3n) is 4.25. The monoisotopic (exact) mass is 386 g/mol. The topological polar surface area (TPSA) is 101 Å². The molecule has 27 heavy (non-hydrogen) atoms. The van der Waals surface area contributed by atoms with E-state index >= 15 is 0 Å². The first-order valence-corrected chi connectivity index (χ1v) is 10.3. The van der Waals surface area contributed by atoms with E-state index in [4.69, 9.17) is 0 Å². The molecule has 1 aliphatic rings. The molecule has 2 aromatic rings. The van der Waals surface area contributed by atoms with Crippen LogP contribution in [0, 0.1) is 6.92 Å². The molecule has 0 fully saturated rings. The predicted molar refractivity (Wildman–Crippen MR) is 104 cm³/mol. The number of sulfonamides is 1. The number of amides is 1. The zero-order valence-electron chi connectivity index (χ0n) is 15.3. The number of rotatable bonds is 6.